The Morgan fingerprint density at radius 2 is 1.86 bits per heavy atom. The molecule has 1 aromatic heterocycles. The molecule has 0 saturated carbocycles. The van der Waals surface area contributed by atoms with Gasteiger partial charge >= 0.3 is 0 Å². The first kappa shape index (κ1) is 19.5. The maximum absolute atomic E-state index is 13.0. The Labute approximate surface area is 177 Å². The van der Waals surface area contributed by atoms with Gasteiger partial charge < -0.3 is 10.6 Å². The van der Waals surface area contributed by atoms with Gasteiger partial charge in [-0.2, -0.15) is 5.10 Å². The van der Waals surface area contributed by atoms with Crippen LogP contribution in [0.4, 0.5) is 5.82 Å². The van der Waals surface area contributed by atoms with E-state index in [1.54, 1.807) is 42.1 Å². The van der Waals surface area contributed by atoms with Crippen LogP contribution in [-0.4, -0.2) is 27.6 Å². The normalized spacial score (nSPS) is 18.1. The number of aryl methyl sites for hydroxylation is 2. The molecule has 0 saturated heterocycles. The maximum atomic E-state index is 13.0. The molecule has 0 aliphatic carbocycles. The fourth-order valence-corrected chi connectivity index (χ4v) is 4.07. The zero-order valence-electron chi connectivity index (χ0n) is 15.7. The predicted octanol–water partition coefficient (Wildman–Crippen LogP) is 3.92. The lowest BCUT2D eigenvalue weighted by molar-refractivity contribution is -0.118. The van der Waals surface area contributed by atoms with Crippen molar-refractivity contribution in [3.63, 3.8) is 0 Å². The third-order valence-corrected chi connectivity index (χ3v) is 5.52. The number of nitrogens with zero attached hydrogens (tertiary/aromatic N) is 2. The quantitative estimate of drug-likeness (QED) is 0.663. The molecule has 2 aromatic carbocycles. The van der Waals surface area contributed by atoms with E-state index in [1.165, 1.54) is 0 Å². The van der Waals surface area contributed by atoms with Gasteiger partial charge in [-0.1, -0.05) is 35.3 Å². The summed E-state index contributed by atoms with van der Waals surface area (Å²) in [5.41, 5.74) is 2.88. The Balaban J connectivity index is 1.78. The Morgan fingerprint density at radius 3 is 2.55 bits per heavy atom. The molecule has 1 aliphatic heterocycles. The Hall–Kier alpha value is -2.83. The van der Waals surface area contributed by atoms with Crippen LogP contribution in [0.15, 0.2) is 48.5 Å². The number of rotatable bonds is 3. The molecule has 0 bridgehead atoms. The number of benzene rings is 2. The van der Waals surface area contributed by atoms with Gasteiger partial charge in [-0.3, -0.25) is 14.3 Å². The largest absolute Gasteiger partial charge is 0.339 e. The summed E-state index contributed by atoms with van der Waals surface area (Å²) in [5.74, 6) is -0.483. The summed E-state index contributed by atoms with van der Waals surface area (Å²) in [6, 6.07) is 13.0. The van der Waals surface area contributed by atoms with E-state index in [0.29, 0.717) is 21.4 Å². The second kappa shape index (κ2) is 7.54. The van der Waals surface area contributed by atoms with Gasteiger partial charge in [-0.25, -0.2) is 0 Å². The van der Waals surface area contributed by atoms with Gasteiger partial charge in [0.15, 0.2) is 0 Å². The minimum absolute atomic E-state index is 0.312. The molecule has 3 aromatic rings. The molecular weight excluding hydrogens is 411 g/mol. The molecule has 4 rings (SSSR count). The van der Waals surface area contributed by atoms with Crippen LogP contribution in [0.25, 0.3) is 0 Å². The number of anilines is 1. The number of hydrogen-bond acceptors (Lipinski definition) is 3. The second-order valence-corrected chi connectivity index (χ2v) is 7.82. The smallest absolute Gasteiger partial charge is 0.251 e. The highest BCUT2D eigenvalue weighted by Gasteiger charge is 2.41. The Bertz CT molecular complexity index is 1110. The van der Waals surface area contributed by atoms with Gasteiger partial charge in [0.2, 0.25) is 5.91 Å². The molecule has 2 N–H and O–H groups in total. The lowest BCUT2D eigenvalue weighted by Crippen LogP contribution is -2.50. The summed E-state index contributed by atoms with van der Waals surface area (Å²) in [6.45, 7) is 1.88. The molecule has 0 radical (unpaired) electrons. The van der Waals surface area contributed by atoms with Crippen LogP contribution in [0.5, 0.6) is 0 Å². The van der Waals surface area contributed by atoms with Crippen molar-refractivity contribution in [3.8, 4) is 0 Å². The summed E-state index contributed by atoms with van der Waals surface area (Å²) in [6.07, 6.45) is 0. The van der Waals surface area contributed by atoms with Gasteiger partial charge in [0.1, 0.15) is 11.9 Å². The average Bonchev–Trinajstić information content (AvgIpc) is 2.96. The second-order valence-electron chi connectivity index (χ2n) is 6.95. The fourth-order valence-electron chi connectivity index (χ4n) is 3.74. The number of halogens is 2. The summed E-state index contributed by atoms with van der Waals surface area (Å²) in [7, 11) is 1.77. The first-order valence-corrected chi connectivity index (χ1v) is 9.77. The molecule has 0 unspecified atom stereocenters. The molecule has 2 heterocycles. The van der Waals surface area contributed by atoms with Gasteiger partial charge in [0, 0.05) is 34.1 Å². The van der Waals surface area contributed by atoms with Crippen molar-refractivity contribution in [3.05, 3.63) is 81.0 Å². The first-order chi connectivity index (χ1) is 13.8. The molecular formula is C21H18Cl2N4O2. The number of nitrogens with one attached hydrogen (secondary N) is 2. The highest BCUT2D eigenvalue weighted by atomic mass is 35.5. The number of aromatic nitrogens is 2. The summed E-state index contributed by atoms with van der Waals surface area (Å²) >= 11 is 12.1. The molecule has 2 atom stereocenters. The molecule has 8 heteroatoms. The fraction of sp³-hybridized carbons (Fsp3) is 0.190. The highest BCUT2D eigenvalue weighted by Crippen LogP contribution is 2.39. The molecule has 0 spiro atoms. The third-order valence-electron chi connectivity index (χ3n) is 5.04. The Kier molecular flexibility index (Phi) is 5.06. The van der Waals surface area contributed by atoms with Crippen LogP contribution < -0.4 is 10.6 Å². The molecule has 148 valence electrons. The van der Waals surface area contributed by atoms with Crippen molar-refractivity contribution in [2.24, 2.45) is 7.05 Å². The molecule has 1 aliphatic rings. The van der Waals surface area contributed by atoms with E-state index in [1.807, 2.05) is 25.1 Å². The molecule has 29 heavy (non-hydrogen) atoms. The van der Waals surface area contributed by atoms with Crippen LogP contribution in [0.1, 0.15) is 33.1 Å². The highest BCUT2D eigenvalue weighted by molar-refractivity contribution is 6.31. The van der Waals surface area contributed by atoms with Crippen LogP contribution >= 0.6 is 23.2 Å². The first-order valence-electron chi connectivity index (χ1n) is 9.01. The molecule has 6 nitrogen and oxygen atoms in total. The van der Waals surface area contributed by atoms with Gasteiger partial charge in [-0.15, -0.1) is 0 Å². The van der Waals surface area contributed by atoms with Crippen LogP contribution in [0.3, 0.4) is 0 Å². The van der Waals surface area contributed by atoms with Crippen molar-refractivity contribution in [2.75, 3.05) is 5.32 Å². The monoisotopic (exact) mass is 428 g/mol. The van der Waals surface area contributed by atoms with E-state index in [-0.39, 0.29) is 11.8 Å². The van der Waals surface area contributed by atoms with Crippen molar-refractivity contribution >= 4 is 40.8 Å². The minimum atomic E-state index is -0.827. The van der Waals surface area contributed by atoms with Crippen molar-refractivity contribution in [1.82, 2.24) is 15.1 Å². The minimum Gasteiger partial charge on any atom is -0.339 e. The molecule has 0 fully saturated rings. The van der Waals surface area contributed by atoms with Crippen LogP contribution in [0, 0.1) is 6.92 Å². The standard InChI is InChI=1S/C21H18Cl2N4O2/c1-11-16-17(13-4-3-5-15(23)10-13)18(21(29)25-19(16)27(2)26-11)24-20(28)12-6-8-14(22)9-7-12/h3-10,17-18H,1-2H3,(H,24,28)(H,25,29)/t17-,18-/m0/s1. The van der Waals surface area contributed by atoms with Gasteiger partial charge in [-0.05, 0) is 48.9 Å². The third kappa shape index (κ3) is 3.61. The van der Waals surface area contributed by atoms with E-state index in [2.05, 4.69) is 15.7 Å². The average molecular weight is 429 g/mol. The SMILES string of the molecule is Cc1nn(C)c2c1[C@H](c1cccc(Cl)c1)[C@H](NC(=O)c1ccc(Cl)cc1)C(=O)N2. The zero-order chi connectivity index (χ0) is 20.7. The summed E-state index contributed by atoms with van der Waals surface area (Å²) in [4.78, 5) is 25.8. The predicted molar refractivity (Wildman–Crippen MR) is 113 cm³/mol. The van der Waals surface area contributed by atoms with E-state index in [4.69, 9.17) is 23.2 Å². The lowest BCUT2D eigenvalue weighted by atomic mass is 9.82. The number of carbonyl (C=O) groups is 2. The number of amides is 2. The number of carbonyl (C=O) groups excluding carboxylic acids is 2. The summed E-state index contributed by atoms with van der Waals surface area (Å²) < 4.78 is 1.64. The van der Waals surface area contributed by atoms with E-state index < -0.39 is 12.0 Å². The maximum Gasteiger partial charge on any atom is 0.251 e. The van der Waals surface area contributed by atoms with Gasteiger partial charge in [0.25, 0.3) is 5.91 Å². The number of fused-ring (bicyclic) bond motifs is 1. The van der Waals surface area contributed by atoms with E-state index in [9.17, 15) is 9.59 Å². The van der Waals surface area contributed by atoms with Crippen molar-refractivity contribution in [1.29, 1.82) is 0 Å². The van der Waals surface area contributed by atoms with E-state index in [0.717, 1.165) is 16.8 Å². The van der Waals surface area contributed by atoms with Crippen molar-refractivity contribution in [2.45, 2.75) is 18.9 Å². The number of hydrogen-bond donors (Lipinski definition) is 2. The van der Waals surface area contributed by atoms with E-state index >= 15 is 0 Å². The van der Waals surface area contributed by atoms with Crippen molar-refractivity contribution < 1.29 is 9.59 Å². The van der Waals surface area contributed by atoms with Crippen LogP contribution in [-0.2, 0) is 11.8 Å². The summed E-state index contributed by atoms with van der Waals surface area (Å²) in [5, 5.41) is 11.3. The Morgan fingerprint density at radius 1 is 1.14 bits per heavy atom. The zero-order valence-corrected chi connectivity index (χ0v) is 17.3. The molecule has 2 amide bonds. The lowest BCUT2D eigenvalue weighted by Gasteiger charge is -2.32. The topological polar surface area (TPSA) is 76.0 Å². The van der Waals surface area contributed by atoms with Crippen LogP contribution in [0.2, 0.25) is 10.0 Å². The van der Waals surface area contributed by atoms with Gasteiger partial charge in [0.05, 0.1) is 5.69 Å².